The molecule has 0 saturated carbocycles. The fourth-order valence-corrected chi connectivity index (χ4v) is 5.38. The van der Waals surface area contributed by atoms with Crippen molar-refractivity contribution in [1.82, 2.24) is 4.90 Å². The second kappa shape index (κ2) is 6.83. The lowest BCUT2D eigenvalue weighted by Crippen LogP contribution is -2.57. The van der Waals surface area contributed by atoms with Crippen LogP contribution in [0.4, 0.5) is 5.69 Å². The lowest BCUT2D eigenvalue weighted by molar-refractivity contribution is -0.155. The van der Waals surface area contributed by atoms with E-state index in [1.807, 2.05) is 37.3 Å². The second-order valence-electron chi connectivity index (χ2n) is 8.51. The number of carbonyl (C=O) groups excluding carboxylic acids is 3. The SMILES string of the molecule is CCOC(=O)[C@H]1[C@H]2COc3ccccc3[C@@H]2N2C(=O)c3ccc(C)cc3NC(=O)[C@@]12C. The minimum Gasteiger partial charge on any atom is -0.493 e. The fraction of sp³-hybridized carbons (Fsp3) is 0.375. The zero-order valence-electron chi connectivity index (χ0n) is 17.7. The summed E-state index contributed by atoms with van der Waals surface area (Å²) in [5, 5.41) is 2.92. The first-order valence-corrected chi connectivity index (χ1v) is 10.5. The summed E-state index contributed by atoms with van der Waals surface area (Å²) in [4.78, 5) is 42.3. The van der Waals surface area contributed by atoms with E-state index >= 15 is 0 Å². The van der Waals surface area contributed by atoms with Gasteiger partial charge >= 0.3 is 5.97 Å². The van der Waals surface area contributed by atoms with Crippen LogP contribution in [0.2, 0.25) is 0 Å². The minimum absolute atomic E-state index is 0.190. The van der Waals surface area contributed by atoms with Crippen LogP contribution in [0.3, 0.4) is 0 Å². The summed E-state index contributed by atoms with van der Waals surface area (Å²) in [5.74, 6) is -1.76. The highest BCUT2D eigenvalue weighted by atomic mass is 16.5. The average molecular weight is 420 g/mol. The maximum Gasteiger partial charge on any atom is 0.312 e. The van der Waals surface area contributed by atoms with Crippen molar-refractivity contribution in [2.75, 3.05) is 18.5 Å². The number of hydrogen-bond donors (Lipinski definition) is 1. The fourth-order valence-electron chi connectivity index (χ4n) is 5.38. The number of benzene rings is 2. The Kier molecular flexibility index (Phi) is 4.32. The molecule has 0 aromatic heterocycles. The normalized spacial score (nSPS) is 28.4. The van der Waals surface area contributed by atoms with Gasteiger partial charge in [-0.15, -0.1) is 0 Å². The van der Waals surface area contributed by atoms with Crippen LogP contribution in [0.25, 0.3) is 0 Å². The van der Waals surface area contributed by atoms with Crippen molar-refractivity contribution < 1.29 is 23.9 Å². The second-order valence-corrected chi connectivity index (χ2v) is 8.51. The van der Waals surface area contributed by atoms with Crippen molar-refractivity contribution in [1.29, 1.82) is 0 Å². The third kappa shape index (κ3) is 2.62. The molecule has 1 fully saturated rings. The summed E-state index contributed by atoms with van der Waals surface area (Å²) in [5.41, 5.74) is 1.18. The Labute approximate surface area is 180 Å². The molecule has 0 spiro atoms. The standard InChI is InChI=1S/C24H24N2O5/c1-4-30-22(28)19-16-12-31-18-8-6-5-7-15(18)20(16)26-21(27)14-10-9-13(2)11-17(14)25-23(29)24(19,26)3/h5-11,16,19-20H,4,12H2,1-3H3,(H,25,29)/t16-,19-,20+,24-/m1/s1. The Morgan fingerprint density at radius 1 is 1.26 bits per heavy atom. The van der Waals surface area contributed by atoms with Crippen molar-refractivity contribution in [3.63, 3.8) is 0 Å². The molecule has 0 unspecified atom stereocenters. The van der Waals surface area contributed by atoms with E-state index in [2.05, 4.69) is 5.32 Å². The van der Waals surface area contributed by atoms with E-state index in [1.165, 1.54) is 0 Å². The van der Waals surface area contributed by atoms with Crippen LogP contribution in [0.1, 0.15) is 41.4 Å². The third-order valence-corrected chi connectivity index (χ3v) is 6.76. The molecular weight excluding hydrogens is 396 g/mol. The van der Waals surface area contributed by atoms with Gasteiger partial charge < -0.3 is 19.7 Å². The van der Waals surface area contributed by atoms with Crippen LogP contribution >= 0.6 is 0 Å². The summed E-state index contributed by atoms with van der Waals surface area (Å²) in [7, 11) is 0. The highest BCUT2D eigenvalue weighted by Gasteiger charge is 2.67. The molecule has 2 aromatic carbocycles. The Bertz CT molecular complexity index is 1110. The molecule has 2 amide bonds. The predicted octanol–water partition coefficient (Wildman–Crippen LogP) is 3.09. The lowest BCUT2D eigenvalue weighted by Gasteiger charge is -2.38. The van der Waals surface area contributed by atoms with E-state index in [4.69, 9.17) is 9.47 Å². The molecule has 5 rings (SSSR count). The molecule has 3 aliphatic heterocycles. The number of aryl methyl sites for hydroxylation is 1. The summed E-state index contributed by atoms with van der Waals surface area (Å²) < 4.78 is 11.3. The van der Waals surface area contributed by atoms with Crippen molar-refractivity contribution in [2.24, 2.45) is 11.8 Å². The molecule has 0 aliphatic carbocycles. The van der Waals surface area contributed by atoms with Gasteiger partial charge in [0.15, 0.2) is 0 Å². The van der Waals surface area contributed by atoms with Crippen molar-refractivity contribution in [2.45, 2.75) is 32.4 Å². The van der Waals surface area contributed by atoms with Crippen molar-refractivity contribution in [3.8, 4) is 5.75 Å². The van der Waals surface area contributed by atoms with Crippen LogP contribution in [-0.4, -0.2) is 41.4 Å². The summed E-state index contributed by atoms with van der Waals surface area (Å²) in [6.07, 6.45) is 0. The number of esters is 1. The predicted molar refractivity (Wildman–Crippen MR) is 113 cm³/mol. The number of fused-ring (bicyclic) bond motifs is 6. The molecule has 7 nitrogen and oxygen atoms in total. The van der Waals surface area contributed by atoms with Gasteiger partial charge in [0.1, 0.15) is 11.3 Å². The topological polar surface area (TPSA) is 84.9 Å². The number of anilines is 1. The number of rotatable bonds is 2. The van der Waals surface area contributed by atoms with Gasteiger partial charge in [-0.1, -0.05) is 24.3 Å². The molecule has 3 aliphatic rings. The number of para-hydroxylation sites is 1. The van der Waals surface area contributed by atoms with E-state index in [9.17, 15) is 14.4 Å². The van der Waals surface area contributed by atoms with Crippen LogP contribution in [0.5, 0.6) is 5.75 Å². The zero-order valence-corrected chi connectivity index (χ0v) is 17.7. The molecule has 1 saturated heterocycles. The monoisotopic (exact) mass is 420 g/mol. The maximum atomic E-state index is 13.9. The van der Waals surface area contributed by atoms with Gasteiger partial charge in [-0.3, -0.25) is 14.4 Å². The van der Waals surface area contributed by atoms with Gasteiger partial charge in [0.2, 0.25) is 0 Å². The minimum atomic E-state index is -1.42. The van der Waals surface area contributed by atoms with Gasteiger partial charge in [-0.2, -0.15) is 0 Å². The van der Waals surface area contributed by atoms with Crippen LogP contribution in [0, 0.1) is 18.8 Å². The third-order valence-electron chi connectivity index (χ3n) is 6.76. The summed E-state index contributed by atoms with van der Waals surface area (Å²) >= 11 is 0. The van der Waals surface area contributed by atoms with E-state index in [0.717, 1.165) is 11.1 Å². The van der Waals surface area contributed by atoms with Gasteiger partial charge in [0.05, 0.1) is 36.4 Å². The molecular formula is C24H24N2O5. The Morgan fingerprint density at radius 3 is 2.81 bits per heavy atom. The molecule has 7 heteroatoms. The van der Waals surface area contributed by atoms with Gasteiger partial charge in [0, 0.05) is 11.5 Å². The molecule has 160 valence electrons. The van der Waals surface area contributed by atoms with Crippen molar-refractivity contribution in [3.05, 3.63) is 59.2 Å². The molecule has 3 heterocycles. The highest BCUT2D eigenvalue weighted by molar-refractivity contribution is 6.13. The zero-order chi connectivity index (χ0) is 21.9. The summed E-state index contributed by atoms with van der Waals surface area (Å²) in [6, 6.07) is 12.4. The molecule has 0 radical (unpaired) electrons. The number of ether oxygens (including phenoxy) is 2. The van der Waals surface area contributed by atoms with E-state index in [1.54, 1.807) is 30.9 Å². The molecule has 4 atom stereocenters. The number of amides is 2. The first-order valence-electron chi connectivity index (χ1n) is 10.5. The number of nitrogens with zero attached hydrogens (tertiary/aromatic N) is 1. The number of hydrogen-bond acceptors (Lipinski definition) is 5. The quantitative estimate of drug-likeness (QED) is 0.755. The number of carbonyl (C=O) groups is 3. The average Bonchev–Trinajstić information content (AvgIpc) is 2.99. The van der Waals surface area contributed by atoms with Gasteiger partial charge in [-0.05, 0) is 44.5 Å². The van der Waals surface area contributed by atoms with Gasteiger partial charge in [0.25, 0.3) is 11.8 Å². The Morgan fingerprint density at radius 2 is 2.03 bits per heavy atom. The molecule has 31 heavy (non-hydrogen) atoms. The first-order chi connectivity index (χ1) is 14.9. The van der Waals surface area contributed by atoms with Gasteiger partial charge in [-0.25, -0.2) is 0 Å². The van der Waals surface area contributed by atoms with E-state index < -0.39 is 35.3 Å². The lowest BCUT2D eigenvalue weighted by atomic mass is 9.77. The molecule has 1 N–H and O–H groups in total. The maximum absolute atomic E-state index is 13.9. The number of nitrogens with one attached hydrogen (secondary N) is 1. The van der Waals surface area contributed by atoms with E-state index in [-0.39, 0.29) is 19.1 Å². The highest BCUT2D eigenvalue weighted by Crippen LogP contribution is 2.56. The van der Waals surface area contributed by atoms with Crippen LogP contribution in [0.15, 0.2) is 42.5 Å². The Hall–Kier alpha value is -3.35. The van der Waals surface area contributed by atoms with Crippen LogP contribution < -0.4 is 10.1 Å². The smallest absolute Gasteiger partial charge is 0.312 e. The molecule has 2 aromatic rings. The first kappa shape index (κ1) is 19.6. The van der Waals surface area contributed by atoms with Crippen molar-refractivity contribution >= 4 is 23.5 Å². The Balaban J connectivity index is 1.75. The largest absolute Gasteiger partial charge is 0.493 e. The van der Waals surface area contributed by atoms with Crippen LogP contribution in [-0.2, 0) is 14.3 Å². The summed E-state index contributed by atoms with van der Waals surface area (Å²) in [6.45, 7) is 5.71. The molecule has 0 bridgehead atoms. The van der Waals surface area contributed by atoms with E-state index in [0.29, 0.717) is 17.0 Å².